The summed E-state index contributed by atoms with van der Waals surface area (Å²) in [6, 6.07) is 4.16. The summed E-state index contributed by atoms with van der Waals surface area (Å²) in [5.41, 5.74) is 6.23. The van der Waals surface area contributed by atoms with Crippen molar-refractivity contribution in [3.05, 3.63) is 23.2 Å². The molecule has 0 bridgehead atoms. The summed E-state index contributed by atoms with van der Waals surface area (Å²) in [4.78, 5) is 22.8. The number of carbonyl (C=O) groups is 2. The molecule has 1 unspecified atom stereocenters. The van der Waals surface area contributed by atoms with Gasteiger partial charge in [0, 0.05) is 5.69 Å². The lowest BCUT2D eigenvalue weighted by atomic mass is 10.1. The molecule has 124 valence electrons. The fourth-order valence-corrected chi connectivity index (χ4v) is 1.80. The van der Waals surface area contributed by atoms with Crippen molar-refractivity contribution in [2.75, 3.05) is 19.0 Å². The summed E-state index contributed by atoms with van der Waals surface area (Å²) in [5, 5.41) is 2.95. The number of benzene rings is 1. The summed E-state index contributed by atoms with van der Waals surface area (Å²) >= 11 is 6.02. The van der Waals surface area contributed by atoms with Gasteiger partial charge in [-0.15, -0.1) is 12.4 Å². The van der Waals surface area contributed by atoms with Gasteiger partial charge in [-0.2, -0.15) is 0 Å². The van der Waals surface area contributed by atoms with Gasteiger partial charge in [0.15, 0.2) is 6.61 Å². The van der Waals surface area contributed by atoms with Crippen molar-refractivity contribution >= 4 is 41.6 Å². The Hall–Kier alpha value is -1.50. The number of carbonyl (C=O) groups excluding carboxylic acids is 2. The van der Waals surface area contributed by atoms with Gasteiger partial charge in [0.1, 0.15) is 5.75 Å². The maximum atomic E-state index is 11.8. The number of rotatable bonds is 7. The molecule has 0 aromatic heterocycles. The van der Waals surface area contributed by atoms with Crippen LogP contribution in [0.4, 0.5) is 5.69 Å². The molecule has 8 heteroatoms. The van der Waals surface area contributed by atoms with E-state index in [4.69, 9.17) is 22.1 Å². The van der Waals surface area contributed by atoms with Crippen molar-refractivity contribution in [2.24, 2.45) is 5.73 Å². The molecule has 0 radical (unpaired) electrons. The van der Waals surface area contributed by atoms with Crippen molar-refractivity contribution in [3.8, 4) is 5.75 Å². The Morgan fingerprint density at radius 2 is 2.09 bits per heavy atom. The van der Waals surface area contributed by atoms with E-state index in [2.05, 4.69) is 10.1 Å². The predicted molar refractivity (Wildman–Crippen MR) is 87.7 cm³/mol. The molecule has 22 heavy (non-hydrogen) atoms. The standard InChI is InChI=1S/C14H19ClN2O4.ClH/c1-3-4-11(16)14(19)17-9-5-6-12(10(15)7-9)21-8-13(18)20-2;/h5-7,11H,3-4,8,16H2,1-2H3,(H,17,19);1H. The Bertz CT molecular complexity index is 512. The molecule has 6 nitrogen and oxygen atoms in total. The van der Waals surface area contributed by atoms with Crippen LogP contribution in [0.25, 0.3) is 0 Å². The zero-order chi connectivity index (χ0) is 15.8. The molecule has 0 fully saturated rings. The van der Waals surface area contributed by atoms with Crippen molar-refractivity contribution in [2.45, 2.75) is 25.8 Å². The maximum absolute atomic E-state index is 11.8. The highest BCUT2D eigenvalue weighted by atomic mass is 35.5. The highest BCUT2D eigenvalue weighted by Gasteiger charge is 2.13. The van der Waals surface area contributed by atoms with E-state index in [1.165, 1.54) is 13.2 Å². The topological polar surface area (TPSA) is 90.7 Å². The summed E-state index contributed by atoms with van der Waals surface area (Å²) in [7, 11) is 1.27. The Morgan fingerprint density at radius 1 is 1.41 bits per heavy atom. The second-order valence-corrected chi connectivity index (χ2v) is 4.80. The Balaban J connectivity index is 0.00000441. The first-order chi connectivity index (χ1) is 9.97. The molecule has 0 saturated carbocycles. The number of amides is 1. The van der Waals surface area contributed by atoms with E-state index in [9.17, 15) is 9.59 Å². The van der Waals surface area contributed by atoms with E-state index in [0.29, 0.717) is 17.9 Å². The average Bonchev–Trinajstić information content (AvgIpc) is 2.46. The molecule has 1 aromatic rings. The van der Waals surface area contributed by atoms with Gasteiger partial charge in [-0.05, 0) is 24.6 Å². The van der Waals surface area contributed by atoms with E-state index >= 15 is 0 Å². The van der Waals surface area contributed by atoms with Crippen LogP contribution in [0.2, 0.25) is 5.02 Å². The average molecular weight is 351 g/mol. The summed E-state index contributed by atoms with van der Waals surface area (Å²) < 4.78 is 9.65. The minimum absolute atomic E-state index is 0. The van der Waals surface area contributed by atoms with Crippen LogP contribution >= 0.6 is 24.0 Å². The fraction of sp³-hybridized carbons (Fsp3) is 0.429. The predicted octanol–water partition coefficient (Wildman–Crippen LogP) is 2.38. The molecule has 0 saturated heterocycles. The number of nitrogens with one attached hydrogen (secondary N) is 1. The molecule has 1 amide bonds. The number of methoxy groups -OCH3 is 1. The third-order valence-corrected chi connectivity index (χ3v) is 3.00. The van der Waals surface area contributed by atoms with Gasteiger partial charge >= 0.3 is 5.97 Å². The molecule has 3 N–H and O–H groups in total. The van der Waals surface area contributed by atoms with Crippen molar-refractivity contribution in [1.29, 1.82) is 0 Å². The van der Waals surface area contributed by atoms with Crippen molar-refractivity contribution in [3.63, 3.8) is 0 Å². The lowest BCUT2D eigenvalue weighted by Crippen LogP contribution is -2.35. The molecule has 0 aliphatic heterocycles. The lowest BCUT2D eigenvalue weighted by Gasteiger charge is -2.12. The molecule has 0 spiro atoms. The Kier molecular flexibility index (Phi) is 9.56. The molecular weight excluding hydrogens is 331 g/mol. The van der Waals surface area contributed by atoms with Gasteiger partial charge in [0.2, 0.25) is 5.91 Å². The summed E-state index contributed by atoms with van der Waals surface area (Å²) in [6.07, 6.45) is 1.44. The summed E-state index contributed by atoms with van der Waals surface area (Å²) in [5.74, 6) is -0.442. The quantitative estimate of drug-likeness (QED) is 0.736. The van der Waals surface area contributed by atoms with Gasteiger partial charge in [-0.25, -0.2) is 4.79 Å². The number of anilines is 1. The SMILES string of the molecule is CCCC(N)C(=O)Nc1ccc(OCC(=O)OC)c(Cl)c1.Cl. The second-order valence-electron chi connectivity index (χ2n) is 4.39. The number of hydrogen-bond donors (Lipinski definition) is 2. The third-order valence-electron chi connectivity index (χ3n) is 2.71. The maximum Gasteiger partial charge on any atom is 0.343 e. The Labute approximate surface area is 140 Å². The smallest absolute Gasteiger partial charge is 0.343 e. The van der Waals surface area contributed by atoms with E-state index in [1.54, 1.807) is 12.1 Å². The highest BCUT2D eigenvalue weighted by Crippen LogP contribution is 2.27. The van der Waals surface area contributed by atoms with Crippen molar-refractivity contribution < 1.29 is 19.1 Å². The minimum atomic E-state index is -0.552. The Morgan fingerprint density at radius 3 is 2.64 bits per heavy atom. The first-order valence-corrected chi connectivity index (χ1v) is 6.91. The van der Waals surface area contributed by atoms with Crippen LogP contribution in [0.5, 0.6) is 5.75 Å². The number of ether oxygens (including phenoxy) is 2. The molecule has 1 rings (SSSR count). The van der Waals surface area contributed by atoms with Gasteiger partial charge in [0.25, 0.3) is 0 Å². The third kappa shape index (κ3) is 6.51. The zero-order valence-corrected chi connectivity index (χ0v) is 14.0. The van der Waals surface area contributed by atoms with Gasteiger partial charge in [-0.3, -0.25) is 4.79 Å². The van der Waals surface area contributed by atoms with Crippen LogP contribution in [0.15, 0.2) is 18.2 Å². The van der Waals surface area contributed by atoms with Crippen LogP contribution in [-0.2, 0) is 14.3 Å². The van der Waals surface area contributed by atoms with E-state index < -0.39 is 12.0 Å². The van der Waals surface area contributed by atoms with Gasteiger partial charge in [-0.1, -0.05) is 24.9 Å². The molecule has 0 heterocycles. The lowest BCUT2D eigenvalue weighted by molar-refractivity contribution is -0.142. The zero-order valence-electron chi connectivity index (χ0n) is 12.4. The van der Waals surface area contributed by atoms with Crippen LogP contribution in [0, 0.1) is 0 Å². The summed E-state index contributed by atoms with van der Waals surface area (Å²) in [6.45, 7) is 1.72. The van der Waals surface area contributed by atoms with E-state index in [1.807, 2.05) is 6.92 Å². The number of nitrogens with two attached hydrogens (primary N) is 1. The number of esters is 1. The fourth-order valence-electron chi connectivity index (χ4n) is 1.57. The monoisotopic (exact) mass is 350 g/mol. The first-order valence-electron chi connectivity index (χ1n) is 6.53. The van der Waals surface area contributed by atoms with Crippen LogP contribution < -0.4 is 15.8 Å². The highest BCUT2D eigenvalue weighted by molar-refractivity contribution is 6.32. The molecule has 1 atom stereocenters. The minimum Gasteiger partial charge on any atom is -0.480 e. The van der Waals surface area contributed by atoms with E-state index in [-0.39, 0.29) is 29.9 Å². The normalized spacial score (nSPS) is 11.1. The molecule has 1 aromatic carbocycles. The first kappa shape index (κ1) is 20.5. The number of halogens is 2. The largest absolute Gasteiger partial charge is 0.480 e. The molecular formula is C14H20Cl2N2O4. The van der Waals surface area contributed by atoms with E-state index in [0.717, 1.165) is 6.42 Å². The molecule has 0 aliphatic rings. The molecule has 0 aliphatic carbocycles. The van der Waals surface area contributed by atoms with Gasteiger partial charge in [0.05, 0.1) is 18.2 Å². The number of hydrogen-bond acceptors (Lipinski definition) is 5. The van der Waals surface area contributed by atoms with Crippen LogP contribution in [0.3, 0.4) is 0 Å². The van der Waals surface area contributed by atoms with Crippen LogP contribution in [-0.4, -0.2) is 31.6 Å². The van der Waals surface area contributed by atoms with Crippen LogP contribution in [0.1, 0.15) is 19.8 Å². The second kappa shape index (κ2) is 10.3. The van der Waals surface area contributed by atoms with Crippen molar-refractivity contribution in [1.82, 2.24) is 0 Å². The van der Waals surface area contributed by atoms with Gasteiger partial charge < -0.3 is 20.5 Å².